The van der Waals surface area contributed by atoms with Crippen LogP contribution >= 0.6 is 0 Å². The molecule has 0 heterocycles. The molecule has 0 bridgehead atoms. The first-order valence-electron chi connectivity index (χ1n) is 7.72. The Morgan fingerprint density at radius 3 is 2.17 bits per heavy atom. The Balaban J connectivity index is 0.000000771. The van der Waals surface area contributed by atoms with E-state index in [4.69, 9.17) is 0 Å². The fourth-order valence-corrected chi connectivity index (χ4v) is 2.89. The summed E-state index contributed by atoms with van der Waals surface area (Å²) in [5, 5.41) is 0. The summed E-state index contributed by atoms with van der Waals surface area (Å²) in [6.07, 6.45) is 6.98. The minimum absolute atomic E-state index is 0.448. The fourth-order valence-electron chi connectivity index (χ4n) is 2.89. The van der Waals surface area contributed by atoms with Crippen molar-refractivity contribution >= 4 is 0 Å². The van der Waals surface area contributed by atoms with Crippen molar-refractivity contribution in [1.29, 1.82) is 0 Å². The molecule has 0 aliphatic heterocycles. The van der Waals surface area contributed by atoms with Crippen molar-refractivity contribution in [3.63, 3.8) is 0 Å². The van der Waals surface area contributed by atoms with Crippen molar-refractivity contribution in [2.24, 2.45) is 0 Å². The first-order chi connectivity index (χ1) is 8.62. The molecule has 102 valence electrons. The van der Waals surface area contributed by atoms with Gasteiger partial charge in [-0.15, -0.1) is 0 Å². The lowest BCUT2D eigenvalue weighted by molar-refractivity contribution is 0.319. The van der Waals surface area contributed by atoms with Crippen LogP contribution in [0.25, 0.3) is 0 Å². The van der Waals surface area contributed by atoms with Gasteiger partial charge in [0.15, 0.2) is 0 Å². The van der Waals surface area contributed by atoms with Crippen LogP contribution in [-0.2, 0) is 5.41 Å². The molecule has 0 unspecified atom stereocenters. The van der Waals surface area contributed by atoms with Crippen LogP contribution in [-0.4, -0.2) is 0 Å². The van der Waals surface area contributed by atoms with Crippen molar-refractivity contribution < 1.29 is 0 Å². The van der Waals surface area contributed by atoms with Gasteiger partial charge in [0.2, 0.25) is 0 Å². The molecule has 0 spiro atoms. The van der Waals surface area contributed by atoms with Gasteiger partial charge < -0.3 is 0 Å². The zero-order valence-corrected chi connectivity index (χ0v) is 12.9. The smallest absolute Gasteiger partial charge is 0.00751 e. The van der Waals surface area contributed by atoms with E-state index in [9.17, 15) is 0 Å². The van der Waals surface area contributed by atoms with Crippen molar-refractivity contribution in [3.05, 3.63) is 35.4 Å². The summed E-state index contributed by atoms with van der Waals surface area (Å²) in [6.45, 7) is 11.0. The minimum atomic E-state index is 0.448. The Kier molecular flexibility index (Phi) is 5.91. The molecule has 18 heavy (non-hydrogen) atoms. The van der Waals surface area contributed by atoms with Gasteiger partial charge >= 0.3 is 0 Å². The predicted octanol–water partition coefficient (Wildman–Crippen LogP) is 6.06. The molecule has 0 N–H and O–H groups in total. The Morgan fingerprint density at radius 1 is 1.00 bits per heavy atom. The van der Waals surface area contributed by atoms with Crippen molar-refractivity contribution in [1.82, 2.24) is 0 Å². The fraction of sp³-hybridized carbons (Fsp3) is 0.667. The van der Waals surface area contributed by atoms with E-state index in [0.717, 1.165) is 0 Å². The van der Waals surface area contributed by atoms with E-state index in [2.05, 4.69) is 45.0 Å². The van der Waals surface area contributed by atoms with Crippen LogP contribution in [0.2, 0.25) is 0 Å². The number of hydrogen-bond acceptors (Lipinski definition) is 0. The third kappa shape index (κ3) is 3.60. The second kappa shape index (κ2) is 6.97. The van der Waals surface area contributed by atoms with Crippen LogP contribution in [0.3, 0.4) is 0 Å². The standard InChI is InChI=1S/C16H24.C2H6/c1-13(2)14-8-7-9-15(12-14)16(3)10-5-4-6-11-16;1-2/h7-9,12-13H,4-6,10-11H2,1-3H3;1-2H3. The molecule has 1 aromatic carbocycles. The second-order valence-corrected chi connectivity index (χ2v) is 5.90. The zero-order valence-electron chi connectivity index (χ0n) is 12.9. The molecule has 0 saturated heterocycles. The normalized spacial score (nSPS) is 18.1. The van der Waals surface area contributed by atoms with Crippen molar-refractivity contribution in [3.8, 4) is 0 Å². The lowest BCUT2D eigenvalue weighted by Gasteiger charge is -2.34. The highest BCUT2D eigenvalue weighted by atomic mass is 14.3. The molecule has 1 fully saturated rings. The monoisotopic (exact) mass is 246 g/mol. The number of hydrogen-bond donors (Lipinski definition) is 0. The summed E-state index contributed by atoms with van der Waals surface area (Å²) in [6, 6.07) is 9.28. The molecular weight excluding hydrogens is 216 g/mol. The highest BCUT2D eigenvalue weighted by molar-refractivity contribution is 5.31. The SMILES string of the molecule is CC.CC(C)c1cccc(C2(C)CCCCC2)c1. The predicted molar refractivity (Wildman–Crippen MR) is 82.3 cm³/mol. The topological polar surface area (TPSA) is 0 Å². The van der Waals surface area contributed by atoms with E-state index < -0.39 is 0 Å². The third-order valence-electron chi connectivity index (χ3n) is 4.21. The lowest BCUT2D eigenvalue weighted by atomic mass is 9.70. The van der Waals surface area contributed by atoms with Crippen LogP contribution in [0.4, 0.5) is 0 Å². The summed E-state index contributed by atoms with van der Waals surface area (Å²) in [5.41, 5.74) is 3.51. The van der Waals surface area contributed by atoms with Crippen LogP contribution in [0, 0.1) is 0 Å². The van der Waals surface area contributed by atoms with Crippen molar-refractivity contribution in [2.75, 3.05) is 0 Å². The van der Waals surface area contributed by atoms with Gasteiger partial charge in [0, 0.05) is 0 Å². The Labute approximate surface area is 114 Å². The molecule has 1 saturated carbocycles. The van der Waals surface area contributed by atoms with Gasteiger partial charge in [-0.2, -0.15) is 0 Å². The maximum absolute atomic E-state index is 2.45. The van der Waals surface area contributed by atoms with E-state index in [-0.39, 0.29) is 0 Å². The summed E-state index contributed by atoms with van der Waals surface area (Å²) in [4.78, 5) is 0. The molecule has 0 atom stereocenters. The largest absolute Gasteiger partial charge is 0.0683 e. The molecule has 2 rings (SSSR count). The molecule has 0 radical (unpaired) electrons. The Hall–Kier alpha value is -0.780. The highest BCUT2D eigenvalue weighted by Gasteiger charge is 2.28. The van der Waals surface area contributed by atoms with Crippen molar-refractivity contribution in [2.45, 2.75) is 78.1 Å². The number of benzene rings is 1. The quantitative estimate of drug-likeness (QED) is 0.595. The van der Waals surface area contributed by atoms with Gasteiger partial charge in [-0.05, 0) is 35.3 Å². The molecule has 0 nitrogen and oxygen atoms in total. The van der Waals surface area contributed by atoms with Gasteiger partial charge in [-0.3, -0.25) is 0 Å². The zero-order chi connectivity index (χ0) is 13.6. The molecule has 0 heteroatoms. The van der Waals surface area contributed by atoms with Crippen LogP contribution in [0.1, 0.15) is 83.8 Å². The van der Waals surface area contributed by atoms with Gasteiger partial charge in [0.1, 0.15) is 0 Å². The van der Waals surface area contributed by atoms with Crippen LogP contribution < -0.4 is 0 Å². The molecular formula is C18H30. The average Bonchev–Trinajstić information content (AvgIpc) is 2.42. The van der Waals surface area contributed by atoms with Crippen LogP contribution in [0.5, 0.6) is 0 Å². The lowest BCUT2D eigenvalue weighted by Crippen LogP contribution is -2.25. The average molecular weight is 246 g/mol. The van der Waals surface area contributed by atoms with Gasteiger partial charge in [0.05, 0.1) is 0 Å². The second-order valence-electron chi connectivity index (χ2n) is 5.90. The van der Waals surface area contributed by atoms with E-state index in [1.165, 1.54) is 37.7 Å². The number of rotatable bonds is 2. The molecule has 1 aliphatic rings. The summed E-state index contributed by atoms with van der Waals surface area (Å²) >= 11 is 0. The maximum Gasteiger partial charge on any atom is -0.00751 e. The van der Waals surface area contributed by atoms with E-state index in [0.29, 0.717) is 11.3 Å². The summed E-state index contributed by atoms with van der Waals surface area (Å²) in [5.74, 6) is 0.646. The van der Waals surface area contributed by atoms with E-state index in [1.54, 1.807) is 5.56 Å². The maximum atomic E-state index is 2.45. The third-order valence-corrected chi connectivity index (χ3v) is 4.21. The Bertz CT molecular complexity index is 343. The Morgan fingerprint density at radius 2 is 1.61 bits per heavy atom. The van der Waals surface area contributed by atoms with E-state index in [1.807, 2.05) is 13.8 Å². The van der Waals surface area contributed by atoms with Gasteiger partial charge in [-0.1, -0.05) is 78.1 Å². The molecule has 1 aliphatic carbocycles. The molecule has 0 amide bonds. The minimum Gasteiger partial charge on any atom is -0.0683 e. The molecule has 0 aromatic heterocycles. The summed E-state index contributed by atoms with van der Waals surface area (Å²) < 4.78 is 0. The van der Waals surface area contributed by atoms with Gasteiger partial charge in [-0.25, -0.2) is 0 Å². The first-order valence-corrected chi connectivity index (χ1v) is 7.72. The van der Waals surface area contributed by atoms with Crippen LogP contribution in [0.15, 0.2) is 24.3 Å². The van der Waals surface area contributed by atoms with E-state index >= 15 is 0 Å². The highest BCUT2D eigenvalue weighted by Crippen LogP contribution is 2.39. The summed E-state index contributed by atoms with van der Waals surface area (Å²) in [7, 11) is 0. The molecule has 1 aromatic rings. The first kappa shape index (κ1) is 15.3. The van der Waals surface area contributed by atoms with Gasteiger partial charge in [0.25, 0.3) is 0 Å².